The summed E-state index contributed by atoms with van der Waals surface area (Å²) in [6, 6.07) is 5.83. The molecule has 1 aromatic rings. The molecule has 4 unspecified atom stereocenters. The number of carbonyl (C=O) groups excluding carboxylic acids is 1. The van der Waals surface area contributed by atoms with Crippen LogP contribution >= 0.6 is 0 Å². The van der Waals surface area contributed by atoms with Crippen molar-refractivity contribution in [2.45, 2.75) is 58.3 Å². The highest BCUT2D eigenvalue weighted by molar-refractivity contribution is 5.97. The molecule has 1 heterocycles. The third kappa shape index (κ3) is 2.87. The number of carbonyl (C=O) groups is 1. The summed E-state index contributed by atoms with van der Waals surface area (Å²) in [7, 11) is 0. The van der Waals surface area contributed by atoms with Crippen LogP contribution in [0.5, 0.6) is 0 Å². The number of aromatic nitrogens is 1. The molecule has 0 radical (unpaired) electrons. The minimum atomic E-state index is 0.126. The molecule has 5 rings (SSSR count). The number of amides is 1. The average Bonchev–Trinajstić information content (AvgIpc) is 3.18. The predicted octanol–water partition coefficient (Wildman–Crippen LogP) is 5.81. The zero-order valence-electron chi connectivity index (χ0n) is 16.8. The highest BCUT2D eigenvalue weighted by atomic mass is 16.2. The Morgan fingerprint density at radius 3 is 2.82 bits per heavy atom. The predicted molar refractivity (Wildman–Crippen MR) is 113 cm³/mol. The summed E-state index contributed by atoms with van der Waals surface area (Å²) in [5, 5.41) is 0. The van der Waals surface area contributed by atoms with Crippen LogP contribution in [0.4, 0.5) is 5.82 Å². The molecular formula is C25H30N2O. The zero-order chi connectivity index (χ0) is 19.1. The largest absolute Gasteiger partial charge is 0.274 e. The first-order chi connectivity index (χ1) is 13.8. The maximum absolute atomic E-state index is 13.0. The number of fused-ring (bicyclic) bond motifs is 5. The number of anilines is 1. The van der Waals surface area contributed by atoms with Gasteiger partial charge in [0.15, 0.2) is 0 Å². The Bertz CT molecular complexity index is 851. The fraction of sp³-hybridized carbons (Fsp3) is 0.520. The Balaban J connectivity index is 1.57. The van der Waals surface area contributed by atoms with Crippen molar-refractivity contribution in [2.75, 3.05) is 4.90 Å². The van der Waals surface area contributed by atoms with E-state index in [1.54, 1.807) is 6.20 Å². The lowest BCUT2D eigenvalue weighted by atomic mass is 9.57. The molecule has 0 N–H and O–H groups in total. The third-order valence-electron chi connectivity index (χ3n) is 7.54. The summed E-state index contributed by atoms with van der Waals surface area (Å²) in [4.78, 5) is 19.4. The van der Waals surface area contributed by atoms with Gasteiger partial charge in [-0.15, -0.1) is 0 Å². The number of rotatable bonds is 3. The maximum atomic E-state index is 13.0. The highest BCUT2D eigenvalue weighted by Gasteiger charge is 2.45. The maximum Gasteiger partial charge on any atom is 0.232 e. The lowest BCUT2D eigenvalue weighted by molar-refractivity contribution is -0.117. The monoisotopic (exact) mass is 374 g/mol. The Labute approximate surface area is 168 Å². The van der Waals surface area contributed by atoms with Gasteiger partial charge in [-0.05, 0) is 78.7 Å². The first kappa shape index (κ1) is 17.9. The van der Waals surface area contributed by atoms with E-state index in [4.69, 9.17) is 0 Å². The summed E-state index contributed by atoms with van der Waals surface area (Å²) >= 11 is 0. The molecule has 4 aliphatic carbocycles. The SMILES string of the molecule is CCC(=O)N(C1=C2C(=CCC3C2CCC2CCCCC23)C=C1)c1ccccn1. The lowest BCUT2D eigenvalue weighted by Crippen LogP contribution is -2.40. The molecule has 2 saturated carbocycles. The second-order valence-electron chi connectivity index (χ2n) is 8.85. The Hall–Kier alpha value is -2.16. The van der Waals surface area contributed by atoms with Gasteiger partial charge in [0.2, 0.25) is 5.91 Å². The average molecular weight is 375 g/mol. The van der Waals surface area contributed by atoms with Crippen LogP contribution in [0.2, 0.25) is 0 Å². The van der Waals surface area contributed by atoms with E-state index in [9.17, 15) is 4.79 Å². The smallest absolute Gasteiger partial charge is 0.232 e. The normalized spacial score (nSPS) is 31.0. The van der Waals surface area contributed by atoms with E-state index < -0.39 is 0 Å². The molecule has 0 aliphatic heterocycles. The summed E-state index contributed by atoms with van der Waals surface area (Å²) in [5.74, 6) is 4.05. The first-order valence-electron chi connectivity index (χ1n) is 11.1. The van der Waals surface area contributed by atoms with Crippen LogP contribution in [0.1, 0.15) is 58.3 Å². The molecule has 3 heteroatoms. The first-order valence-corrected chi connectivity index (χ1v) is 11.1. The minimum Gasteiger partial charge on any atom is -0.274 e. The van der Waals surface area contributed by atoms with E-state index in [0.717, 1.165) is 29.3 Å². The molecule has 0 aromatic carbocycles. The van der Waals surface area contributed by atoms with Crippen molar-refractivity contribution < 1.29 is 4.79 Å². The minimum absolute atomic E-state index is 0.126. The molecule has 2 fully saturated rings. The van der Waals surface area contributed by atoms with Gasteiger partial charge in [0.25, 0.3) is 0 Å². The van der Waals surface area contributed by atoms with Gasteiger partial charge in [0, 0.05) is 12.6 Å². The van der Waals surface area contributed by atoms with Crippen LogP contribution in [0.15, 0.2) is 59.5 Å². The van der Waals surface area contributed by atoms with Crippen LogP contribution in [-0.2, 0) is 4.79 Å². The quantitative estimate of drug-likeness (QED) is 0.669. The van der Waals surface area contributed by atoms with E-state index in [2.05, 4.69) is 23.2 Å². The fourth-order valence-electron chi connectivity index (χ4n) is 6.33. The van der Waals surface area contributed by atoms with Gasteiger partial charge < -0.3 is 0 Å². The van der Waals surface area contributed by atoms with Gasteiger partial charge >= 0.3 is 0 Å². The van der Waals surface area contributed by atoms with Crippen molar-refractivity contribution in [1.82, 2.24) is 4.98 Å². The van der Waals surface area contributed by atoms with Crippen LogP contribution in [0.3, 0.4) is 0 Å². The Morgan fingerprint density at radius 2 is 2.00 bits per heavy atom. The van der Waals surface area contributed by atoms with Crippen molar-refractivity contribution in [3.05, 3.63) is 59.5 Å². The summed E-state index contributed by atoms with van der Waals surface area (Å²) in [6.07, 6.45) is 18.6. The molecule has 3 nitrogen and oxygen atoms in total. The van der Waals surface area contributed by atoms with E-state index in [1.807, 2.05) is 30.0 Å². The van der Waals surface area contributed by atoms with Gasteiger partial charge in [-0.1, -0.05) is 44.4 Å². The third-order valence-corrected chi connectivity index (χ3v) is 7.54. The van der Waals surface area contributed by atoms with Crippen LogP contribution in [-0.4, -0.2) is 10.9 Å². The Kier molecular flexibility index (Phi) is 4.70. The van der Waals surface area contributed by atoms with Gasteiger partial charge in [-0.25, -0.2) is 4.98 Å². The molecule has 4 aliphatic rings. The molecule has 1 aromatic heterocycles. The summed E-state index contributed by atoms with van der Waals surface area (Å²) in [5.41, 5.74) is 3.86. The molecule has 0 spiro atoms. The van der Waals surface area contributed by atoms with Crippen molar-refractivity contribution >= 4 is 11.7 Å². The van der Waals surface area contributed by atoms with Crippen LogP contribution in [0.25, 0.3) is 0 Å². The molecular weight excluding hydrogens is 344 g/mol. The van der Waals surface area contributed by atoms with E-state index in [1.165, 1.54) is 56.1 Å². The van der Waals surface area contributed by atoms with Gasteiger partial charge in [0.05, 0.1) is 5.70 Å². The molecule has 28 heavy (non-hydrogen) atoms. The number of nitrogens with zero attached hydrogens (tertiary/aromatic N) is 2. The number of hydrogen-bond donors (Lipinski definition) is 0. The molecule has 0 saturated heterocycles. The topological polar surface area (TPSA) is 33.2 Å². The fourth-order valence-corrected chi connectivity index (χ4v) is 6.33. The van der Waals surface area contributed by atoms with E-state index in [0.29, 0.717) is 12.3 Å². The van der Waals surface area contributed by atoms with Gasteiger partial charge in [-0.2, -0.15) is 0 Å². The second kappa shape index (κ2) is 7.35. The second-order valence-corrected chi connectivity index (χ2v) is 8.85. The highest BCUT2D eigenvalue weighted by Crippen LogP contribution is 2.54. The summed E-state index contributed by atoms with van der Waals surface area (Å²) in [6.45, 7) is 1.94. The number of hydrogen-bond acceptors (Lipinski definition) is 2. The molecule has 0 bridgehead atoms. The van der Waals surface area contributed by atoms with E-state index >= 15 is 0 Å². The van der Waals surface area contributed by atoms with Crippen molar-refractivity contribution in [3.63, 3.8) is 0 Å². The van der Waals surface area contributed by atoms with Crippen molar-refractivity contribution in [1.29, 1.82) is 0 Å². The lowest BCUT2D eigenvalue weighted by Gasteiger charge is -2.48. The molecule has 146 valence electrons. The van der Waals surface area contributed by atoms with Crippen LogP contribution in [0, 0.1) is 23.7 Å². The molecule has 1 amide bonds. The zero-order valence-corrected chi connectivity index (χ0v) is 16.8. The van der Waals surface area contributed by atoms with Crippen molar-refractivity contribution in [2.24, 2.45) is 23.7 Å². The standard InChI is InChI=1S/C25H30N2O/c1-2-24(28)27(23-9-5-6-16-26-23)22-15-12-18-11-13-20-19-8-4-3-7-17(19)10-14-21(20)25(18)22/h5-6,9,11-12,15-17,19-21H,2-4,7-8,10,13-14H2,1H3. The number of allylic oxidation sites excluding steroid dienone is 5. The van der Waals surface area contributed by atoms with E-state index in [-0.39, 0.29) is 5.91 Å². The van der Waals surface area contributed by atoms with Gasteiger partial charge in [-0.3, -0.25) is 9.69 Å². The number of pyridine rings is 1. The Morgan fingerprint density at radius 1 is 1.11 bits per heavy atom. The molecule has 4 atom stereocenters. The van der Waals surface area contributed by atoms with Crippen LogP contribution < -0.4 is 4.90 Å². The summed E-state index contributed by atoms with van der Waals surface area (Å²) < 4.78 is 0. The van der Waals surface area contributed by atoms with Gasteiger partial charge in [0.1, 0.15) is 5.82 Å². The van der Waals surface area contributed by atoms with Crippen molar-refractivity contribution in [3.8, 4) is 0 Å².